The van der Waals surface area contributed by atoms with Gasteiger partial charge in [0.1, 0.15) is 5.78 Å². The Balaban J connectivity index is 2.02. The molecule has 1 aromatic carbocycles. The lowest BCUT2D eigenvalue weighted by Crippen LogP contribution is -2.35. The van der Waals surface area contributed by atoms with Gasteiger partial charge in [0.25, 0.3) is 0 Å². The molecule has 1 aliphatic carbocycles. The van der Waals surface area contributed by atoms with E-state index in [2.05, 4.69) is 32.0 Å². The molecule has 2 nitrogen and oxygen atoms in total. The summed E-state index contributed by atoms with van der Waals surface area (Å²) in [7, 11) is 0. The molecule has 0 bridgehead atoms. The zero-order valence-corrected chi connectivity index (χ0v) is 12.9. The Morgan fingerprint density at radius 1 is 1.20 bits per heavy atom. The normalized spacial score (nSPS) is 17.9. The molecule has 20 heavy (non-hydrogen) atoms. The number of Topliss-reactive ketones (excluding diaryl/α,β-unsaturated/α-hetero) is 1. The molecule has 1 fully saturated rings. The summed E-state index contributed by atoms with van der Waals surface area (Å²) in [6, 6.07) is 6.35. The molecule has 0 radical (unpaired) electrons. The molecule has 0 atom stereocenters. The molecule has 2 heteroatoms. The van der Waals surface area contributed by atoms with Crippen LogP contribution in [0.25, 0.3) is 0 Å². The second-order valence-electron chi connectivity index (χ2n) is 6.59. The number of hydrogen-bond donors (Lipinski definition) is 1. The third-order valence-electron chi connectivity index (χ3n) is 4.81. The van der Waals surface area contributed by atoms with Gasteiger partial charge in [0.05, 0.1) is 0 Å². The van der Waals surface area contributed by atoms with Crippen molar-refractivity contribution in [1.82, 2.24) is 0 Å². The number of aryl methyl sites for hydroxylation is 2. The van der Waals surface area contributed by atoms with Crippen molar-refractivity contribution in [3.8, 4) is 0 Å². The SMILES string of the molecule is Cc1ccc(C)c(CC(=O)CC2(CN)CCCCC2)c1. The third kappa shape index (κ3) is 3.69. The molecule has 0 spiro atoms. The highest BCUT2D eigenvalue weighted by molar-refractivity contribution is 5.82. The van der Waals surface area contributed by atoms with Crippen LogP contribution in [0.2, 0.25) is 0 Å². The lowest BCUT2D eigenvalue weighted by atomic mass is 9.70. The van der Waals surface area contributed by atoms with E-state index in [0.717, 1.165) is 12.8 Å². The Hall–Kier alpha value is -1.15. The van der Waals surface area contributed by atoms with E-state index in [-0.39, 0.29) is 5.41 Å². The lowest BCUT2D eigenvalue weighted by molar-refractivity contribution is -0.121. The van der Waals surface area contributed by atoms with Gasteiger partial charge in [0, 0.05) is 12.8 Å². The van der Waals surface area contributed by atoms with E-state index >= 15 is 0 Å². The Labute approximate surface area is 122 Å². The predicted molar refractivity (Wildman–Crippen MR) is 83.8 cm³/mol. The highest BCUT2D eigenvalue weighted by Crippen LogP contribution is 2.38. The predicted octanol–water partition coefficient (Wildman–Crippen LogP) is 3.71. The van der Waals surface area contributed by atoms with Gasteiger partial charge in [-0.1, -0.05) is 43.0 Å². The minimum absolute atomic E-state index is 0.0903. The van der Waals surface area contributed by atoms with Gasteiger partial charge in [-0.3, -0.25) is 4.79 Å². The maximum Gasteiger partial charge on any atom is 0.137 e. The number of benzene rings is 1. The van der Waals surface area contributed by atoms with E-state index in [1.807, 2.05) is 0 Å². The third-order valence-corrected chi connectivity index (χ3v) is 4.81. The van der Waals surface area contributed by atoms with Crippen molar-refractivity contribution < 1.29 is 4.79 Å². The maximum atomic E-state index is 12.5. The summed E-state index contributed by atoms with van der Waals surface area (Å²) < 4.78 is 0. The first kappa shape index (κ1) is 15.2. The Bertz CT molecular complexity index is 472. The van der Waals surface area contributed by atoms with Crippen molar-refractivity contribution in [3.05, 3.63) is 34.9 Å². The first-order valence-electron chi connectivity index (χ1n) is 7.83. The van der Waals surface area contributed by atoms with Gasteiger partial charge >= 0.3 is 0 Å². The summed E-state index contributed by atoms with van der Waals surface area (Å²) >= 11 is 0. The molecule has 110 valence electrons. The molecule has 1 saturated carbocycles. The van der Waals surface area contributed by atoms with E-state index in [0.29, 0.717) is 25.2 Å². The van der Waals surface area contributed by atoms with Gasteiger partial charge < -0.3 is 5.73 Å². The fourth-order valence-corrected chi connectivity index (χ4v) is 3.44. The Kier molecular flexibility index (Phi) is 4.98. The van der Waals surface area contributed by atoms with Crippen molar-refractivity contribution in [2.24, 2.45) is 11.1 Å². The summed E-state index contributed by atoms with van der Waals surface area (Å²) in [5, 5.41) is 0. The van der Waals surface area contributed by atoms with Crippen molar-refractivity contribution in [2.45, 2.75) is 58.8 Å². The van der Waals surface area contributed by atoms with Crippen LogP contribution in [0.1, 0.15) is 55.2 Å². The molecule has 0 aromatic heterocycles. The second-order valence-corrected chi connectivity index (χ2v) is 6.59. The minimum atomic E-state index is 0.0903. The molecule has 0 saturated heterocycles. The van der Waals surface area contributed by atoms with Crippen LogP contribution in [0.3, 0.4) is 0 Å². The van der Waals surface area contributed by atoms with Crippen molar-refractivity contribution >= 4 is 5.78 Å². The largest absolute Gasteiger partial charge is 0.330 e. The van der Waals surface area contributed by atoms with Gasteiger partial charge in [0.15, 0.2) is 0 Å². The maximum absolute atomic E-state index is 12.5. The van der Waals surface area contributed by atoms with E-state index < -0.39 is 0 Å². The Morgan fingerprint density at radius 2 is 1.90 bits per heavy atom. The fourth-order valence-electron chi connectivity index (χ4n) is 3.44. The topological polar surface area (TPSA) is 43.1 Å². The van der Waals surface area contributed by atoms with Crippen LogP contribution in [0.15, 0.2) is 18.2 Å². The van der Waals surface area contributed by atoms with Crippen LogP contribution in [0, 0.1) is 19.3 Å². The smallest absolute Gasteiger partial charge is 0.137 e. The Morgan fingerprint density at radius 3 is 2.55 bits per heavy atom. The van der Waals surface area contributed by atoms with Crippen molar-refractivity contribution in [3.63, 3.8) is 0 Å². The van der Waals surface area contributed by atoms with E-state index in [1.165, 1.54) is 36.0 Å². The number of rotatable bonds is 5. The van der Waals surface area contributed by atoms with Gasteiger partial charge in [-0.15, -0.1) is 0 Å². The van der Waals surface area contributed by atoms with Crippen molar-refractivity contribution in [1.29, 1.82) is 0 Å². The summed E-state index contributed by atoms with van der Waals surface area (Å²) in [5.74, 6) is 0.353. The lowest BCUT2D eigenvalue weighted by Gasteiger charge is -2.35. The molecule has 0 aliphatic heterocycles. The standard InChI is InChI=1S/C18H27NO/c1-14-6-7-15(2)16(10-14)11-17(20)12-18(13-19)8-4-3-5-9-18/h6-7,10H,3-5,8-9,11-13,19H2,1-2H3. The average molecular weight is 273 g/mol. The van der Waals surface area contributed by atoms with Crippen LogP contribution < -0.4 is 5.73 Å². The molecule has 0 amide bonds. The minimum Gasteiger partial charge on any atom is -0.330 e. The van der Waals surface area contributed by atoms with Crippen LogP contribution in [0.4, 0.5) is 0 Å². The molecule has 1 aromatic rings. The molecular weight excluding hydrogens is 246 g/mol. The first-order chi connectivity index (χ1) is 9.54. The number of carbonyl (C=O) groups is 1. The van der Waals surface area contributed by atoms with Crippen LogP contribution in [-0.4, -0.2) is 12.3 Å². The van der Waals surface area contributed by atoms with Gasteiger partial charge in [-0.25, -0.2) is 0 Å². The van der Waals surface area contributed by atoms with Crippen LogP contribution >= 0.6 is 0 Å². The fraction of sp³-hybridized carbons (Fsp3) is 0.611. The second kappa shape index (κ2) is 6.53. The molecule has 1 aliphatic rings. The average Bonchev–Trinajstić information content (AvgIpc) is 2.44. The summed E-state index contributed by atoms with van der Waals surface area (Å²) in [6.07, 6.45) is 7.24. The highest BCUT2D eigenvalue weighted by Gasteiger charge is 2.32. The van der Waals surface area contributed by atoms with Gasteiger partial charge in [0.2, 0.25) is 0 Å². The molecule has 2 N–H and O–H groups in total. The van der Waals surface area contributed by atoms with Gasteiger partial charge in [-0.2, -0.15) is 0 Å². The number of ketones is 1. The molecule has 2 rings (SSSR count). The number of nitrogens with two attached hydrogens (primary N) is 1. The number of carbonyl (C=O) groups excluding carboxylic acids is 1. The number of hydrogen-bond acceptors (Lipinski definition) is 2. The zero-order valence-electron chi connectivity index (χ0n) is 12.9. The van der Waals surface area contributed by atoms with E-state index in [4.69, 9.17) is 5.73 Å². The zero-order chi connectivity index (χ0) is 14.6. The van der Waals surface area contributed by atoms with Crippen LogP contribution in [0.5, 0.6) is 0 Å². The highest BCUT2D eigenvalue weighted by atomic mass is 16.1. The molecule has 0 heterocycles. The van der Waals surface area contributed by atoms with Crippen molar-refractivity contribution in [2.75, 3.05) is 6.54 Å². The molecular formula is C18H27NO. The molecule has 0 unspecified atom stereocenters. The van der Waals surface area contributed by atoms with E-state index in [9.17, 15) is 4.79 Å². The summed E-state index contributed by atoms with van der Waals surface area (Å²) in [5.41, 5.74) is 9.69. The monoisotopic (exact) mass is 273 g/mol. The van der Waals surface area contributed by atoms with E-state index in [1.54, 1.807) is 0 Å². The van der Waals surface area contributed by atoms with Crippen LogP contribution in [-0.2, 0) is 11.2 Å². The quantitative estimate of drug-likeness (QED) is 0.888. The van der Waals surface area contributed by atoms with Gasteiger partial charge in [-0.05, 0) is 49.8 Å². The summed E-state index contributed by atoms with van der Waals surface area (Å²) in [4.78, 5) is 12.5. The summed E-state index contributed by atoms with van der Waals surface area (Å²) in [6.45, 7) is 4.82. The first-order valence-corrected chi connectivity index (χ1v) is 7.83.